The molecule has 0 saturated carbocycles. The van der Waals surface area contributed by atoms with Gasteiger partial charge < -0.3 is 15.0 Å². The van der Waals surface area contributed by atoms with Crippen molar-refractivity contribution in [1.29, 1.82) is 0 Å². The Morgan fingerprint density at radius 2 is 2.26 bits per heavy atom. The van der Waals surface area contributed by atoms with Gasteiger partial charge in [0, 0.05) is 25.6 Å². The lowest BCUT2D eigenvalue weighted by molar-refractivity contribution is -0.125. The highest BCUT2D eigenvalue weighted by molar-refractivity contribution is 7.80. The van der Waals surface area contributed by atoms with Crippen molar-refractivity contribution in [3.8, 4) is 0 Å². The maximum atomic E-state index is 12.0. The van der Waals surface area contributed by atoms with Crippen molar-refractivity contribution in [2.24, 2.45) is 0 Å². The van der Waals surface area contributed by atoms with Crippen LogP contribution in [0.3, 0.4) is 0 Å². The van der Waals surface area contributed by atoms with Crippen molar-refractivity contribution in [2.45, 2.75) is 25.4 Å². The molecule has 0 spiro atoms. The summed E-state index contributed by atoms with van der Waals surface area (Å²) in [7, 11) is 1.60. The molecule has 0 aromatic heterocycles. The molecule has 1 aliphatic rings. The second-order valence-electron chi connectivity index (χ2n) is 4.46. The molecule has 4 nitrogen and oxygen atoms in total. The van der Waals surface area contributed by atoms with Crippen LogP contribution in [0.5, 0.6) is 0 Å². The number of carbonyl (C=O) groups excluding carboxylic acids is 2. The van der Waals surface area contributed by atoms with E-state index in [1.165, 1.54) is 0 Å². The number of carbonyl (C=O) groups is 2. The van der Waals surface area contributed by atoms with Gasteiger partial charge in [-0.05, 0) is 12.0 Å². The van der Waals surface area contributed by atoms with Crippen molar-refractivity contribution in [1.82, 2.24) is 10.2 Å². The minimum absolute atomic E-state index is 0.1000. The average molecular weight is 276 g/mol. The molecule has 1 atom stereocenters. The van der Waals surface area contributed by atoms with E-state index in [0.717, 1.165) is 17.4 Å². The number of nitrogens with one attached hydrogen (secondary N) is 1. The summed E-state index contributed by atoms with van der Waals surface area (Å²) in [6.07, 6.45) is 1.67. The first-order valence-corrected chi connectivity index (χ1v) is 6.64. The quantitative estimate of drug-likeness (QED) is 0.650. The van der Waals surface area contributed by atoms with Gasteiger partial charge >= 0.3 is 0 Å². The highest BCUT2D eigenvalue weighted by atomic mass is 32.1. The Morgan fingerprint density at radius 3 is 2.89 bits per heavy atom. The predicted molar refractivity (Wildman–Crippen MR) is 76.8 cm³/mol. The van der Waals surface area contributed by atoms with Crippen LogP contribution in [0.15, 0.2) is 24.3 Å². The second-order valence-corrected chi connectivity index (χ2v) is 4.85. The Kier molecular flexibility index (Phi) is 4.27. The Hall–Kier alpha value is -1.75. The van der Waals surface area contributed by atoms with Crippen LogP contribution in [0, 0.1) is 0 Å². The minimum atomic E-state index is -0.380. The third kappa shape index (κ3) is 2.66. The van der Waals surface area contributed by atoms with Crippen molar-refractivity contribution in [3.63, 3.8) is 0 Å². The summed E-state index contributed by atoms with van der Waals surface area (Å²) in [5.41, 5.74) is 2.14. The summed E-state index contributed by atoms with van der Waals surface area (Å²) < 4.78 is 0. The molecule has 1 heterocycles. The normalized spacial score (nSPS) is 15.0. The van der Waals surface area contributed by atoms with E-state index < -0.39 is 0 Å². The third-order valence-corrected chi connectivity index (χ3v) is 3.79. The van der Waals surface area contributed by atoms with E-state index in [0.29, 0.717) is 24.4 Å². The van der Waals surface area contributed by atoms with Crippen molar-refractivity contribution >= 4 is 29.4 Å². The molecule has 1 N–H and O–H groups in total. The smallest absolute Gasteiger partial charge is 0.242 e. The van der Waals surface area contributed by atoms with Crippen LogP contribution >= 0.6 is 12.2 Å². The van der Waals surface area contributed by atoms with E-state index in [9.17, 15) is 9.59 Å². The molecule has 0 fully saturated rings. The molecule has 0 bridgehead atoms. The number of amides is 1. The van der Waals surface area contributed by atoms with E-state index in [-0.39, 0.29) is 11.9 Å². The predicted octanol–water partition coefficient (Wildman–Crippen LogP) is 1.27. The Morgan fingerprint density at radius 1 is 1.53 bits per heavy atom. The van der Waals surface area contributed by atoms with Gasteiger partial charge in [0.1, 0.15) is 17.3 Å². The molecule has 2 rings (SSSR count). The van der Waals surface area contributed by atoms with Crippen LogP contribution in [0.1, 0.15) is 24.0 Å². The van der Waals surface area contributed by atoms with Crippen LogP contribution in [0.4, 0.5) is 0 Å². The summed E-state index contributed by atoms with van der Waals surface area (Å²) in [5.74, 6) is -0.1000. The standard InChI is InChI=1S/C14H16N2O2S/c1-15-13(18)12(7-4-8-17)16-9-10-5-2-3-6-11(10)14(16)19/h2-3,5-6,8,12H,4,7,9H2,1H3,(H,15,18). The molecule has 1 unspecified atom stereocenters. The van der Waals surface area contributed by atoms with Crippen LogP contribution in [-0.4, -0.2) is 35.2 Å². The topological polar surface area (TPSA) is 49.4 Å². The number of nitrogens with zero attached hydrogens (tertiary/aromatic N) is 1. The Balaban J connectivity index is 2.23. The molecular weight excluding hydrogens is 260 g/mol. The van der Waals surface area contributed by atoms with Gasteiger partial charge in [-0.2, -0.15) is 0 Å². The molecule has 1 aliphatic heterocycles. The van der Waals surface area contributed by atoms with Gasteiger partial charge in [0.25, 0.3) is 0 Å². The zero-order valence-corrected chi connectivity index (χ0v) is 11.6. The van der Waals surface area contributed by atoms with Crippen molar-refractivity contribution < 1.29 is 9.59 Å². The summed E-state index contributed by atoms with van der Waals surface area (Å²) in [6, 6.07) is 7.51. The zero-order valence-electron chi connectivity index (χ0n) is 10.8. The lowest BCUT2D eigenvalue weighted by Gasteiger charge is -2.27. The molecule has 1 aromatic rings. The molecular formula is C14H16N2O2S. The van der Waals surface area contributed by atoms with E-state index in [2.05, 4.69) is 5.32 Å². The lowest BCUT2D eigenvalue weighted by Crippen LogP contribution is -2.45. The number of hydrogen-bond acceptors (Lipinski definition) is 3. The number of benzene rings is 1. The Bertz CT molecular complexity index is 516. The maximum Gasteiger partial charge on any atom is 0.242 e. The molecule has 0 saturated heterocycles. The summed E-state index contributed by atoms with van der Waals surface area (Å²) in [6.45, 7) is 0.631. The second kappa shape index (κ2) is 5.93. The van der Waals surface area contributed by atoms with E-state index in [1.54, 1.807) is 7.05 Å². The first kappa shape index (κ1) is 13.7. The number of aldehydes is 1. The SMILES string of the molecule is CNC(=O)C(CCC=O)N1Cc2ccccc2C1=S. The first-order chi connectivity index (χ1) is 9.19. The number of likely N-dealkylation sites (N-methyl/N-ethyl adjacent to an activating group) is 1. The number of fused-ring (bicyclic) bond motifs is 1. The number of thiocarbonyl (C=S) groups is 1. The van der Waals surface area contributed by atoms with Crippen LogP contribution in [0.25, 0.3) is 0 Å². The van der Waals surface area contributed by atoms with Crippen LogP contribution in [-0.2, 0) is 16.1 Å². The molecule has 5 heteroatoms. The van der Waals surface area contributed by atoms with E-state index in [4.69, 9.17) is 12.2 Å². The van der Waals surface area contributed by atoms with Gasteiger partial charge in [-0.15, -0.1) is 0 Å². The van der Waals surface area contributed by atoms with Gasteiger partial charge in [0.05, 0.1) is 0 Å². The number of hydrogen-bond donors (Lipinski definition) is 1. The molecule has 100 valence electrons. The van der Waals surface area contributed by atoms with Gasteiger partial charge in [-0.25, -0.2) is 0 Å². The fourth-order valence-electron chi connectivity index (χ4n) is 2.35. The molecule has 19 heavy (non-hydrogen) atoms. The van der Waals surface area contributed by atoms with Crippen molar-refractivity contribution in [2.75, 3.05) is 7.05 Å². The van der Waals surface area contributed by atoms with Crippen LogP contribution < -0.4 is 5.32 Å². The molecule has 0 aliphatic carbocycles. The molecule has 1 aromatic carbocycles. The van der Waals surface area contributed by atoms with E-state index in [1.807, 2.05) is 29.2 Å². The van der Waals surface area contributed by atoms with Gasteiger partial charge in [-0.1, -0.05) is 36.5 Å². The van der Waals surface area contributed by atoms with Gasteiger partial charge in [-0.3, -0.25) is 4.79 Å². The largest absolute Gasteiger partial charge is 0.357 e. The Labute approximate surface area is 117 Å². The molecule has 1 amide bonds. The summed E-state index contributed by atoms with van der Waals surface area (Å²) in [4.78, 5) is 25.1. The van der Waals surface area contributed by atoms with E-state index >= 15 is 0 Å². The van der Waals surface area contributed by atoms with Gasteiger partial charge in [0.2, 0.25) is 5.91 Å². The van der Waals surface area contributed by atoms with Gasteiger partial charge in [0.15, 0.2) is 0 Å². The van der Waals surface area contributed by atoms with Crippen molar-refractivity contribution in [3.05, 3.63) is 35.4 Å². The third-order valence-electron chi connectivity index (χ3n) is 3.33. The minimum Gasteiger partial charge on any atom is -0.357 e. The summed E-state index contributed by atoms with van der Waals surface area (Å²) in [5, 5.41) is 2.64. The number of rotatable bonds is 5. The average Bonchev–Trinajstić information content (AvgIpc) is 2.77. The highest BCUT2D eigenvalue weighted by Gasteiger charge is 2.32. The molecule has 0 radical (unpaired) electrons. The first-order valence-electron chi connectivity index (χ1n) is 6.23. The fourth-order valence-corrected chi connectivity index (χ4v) is 2.74. The monoisotopic (exact) mass is 276 g/mol. The maximum absolute atomic E-state index is 12.0. The fraction of sp³-hybridized carbons (Fsp3) is 0.357. The summed E-state index contributed by atoms with van der Waals surface area (Å²) >= 11 is 5.45. The zero-order chi connectivity index (χ0) is 13.8. The van der Waals surface area contributed by atoms with Crippen LogP contribution in [0.2, 0.25) is 0 Å². The lowest BCUT2D eigenvalue weighted by atomic mass is 10.1. The highest BCUT2D eigenvalue weighted by Crippen LogP contribution is 2.26.